The molecule has 19 heavy (non-hydrogen) atoms. The van der Waals surface area contributed by atoms with E-state index in [0.29, 0.717) is 18.7 Å². The van der Waals surface area contributed by atoms with Crippen molar-refractivity contribution in [3.63, 3.8) is 0 Å². The maximum atomic E-state index is 12.0. The minimum absolute atomic E-state index is 0.160. The summed E-state index contributed by atoms with van der Waals surface area (Å²) in [5.41, 5.74) is 1.15. The Bertz CT molecular complexity index is 495. The predicted molar refractivity (Wildman–Crippen MR) is 69.4 cm³/mol. The van der Waals surface area contributed by atoms with Crippen molar-refractivity contribution in [3.05, 3.63) is 30.1 Å². The van der Waals surface area contributed by atoms with Crippen LogP contribution in [0.25, 0.3) is 0 Å². The van der Waals surface area contributed by atoms with Gasteiger partial charge >= 0.3 is 0 Å². The Hall–Kier alpha value is -1.95. The van der Waals surface area contributed by atoms with Crippen LogP contribution in [0.15, 0.2) is 29.7 Å². The molecule has 1 aromatic rings. The van der Waals surface area contributed by atoms with Crippen LogP contribution in [0.1, 0.15) is 18.4 Å². The molecule has 100 valence electrons. The summed E-state index contributed by atoms with van der Waals surface area (Å²) in [6.07, 6.45) is 4.92. The van der Waals surface area contributed by atoms with Crippen molar-refractivity contribution in [1.82, 2.24) is 15.6 Å². The first kappa shape index (κ1) is 12.1. The monoisotopic (exact) mass is 260 g/mol. The zero-order valence-corrected chi connectivity index (χ0v) is 10.6. The first-order chi connectivity index (χ1) is 9.27. The quantitative estimate of drug-likeness (QED) is 0.814. The highest BCUT2D eigenvalue weighted by Gasteiger charge is 2.43. The zero-order chi connectivity index (χ0) is 13.1. The molecule has 1 saturated heterocycles. The SMILES string of the molecule is O=C(NCc1cccnc1)C1=NOC2(CCNC2)C1. The van der Waals surface area contributed by atoms with Crippen LogP contribution < -0.4 is 10.6 Å². The third kappa shape index (κ3) is 2.58. The topological polar surface area (TPSA) is 75.6 Å². The van der Waals surface area contributed by atoms with E-state index in [9.17, 15) is 4.79 Å². The number of nitrogens with zero attached hydrogens (tertiary/aromatic N) is 2. The van der Waals surface area contributed by atoms with Crippen LogP contribution in [-0.2, 0) is 16.2 Å². The van der Waals surface area contributed by atoms with Gasteiger partial charge in [-0.15, -0.1) is 0 Å². The Balaban J connectivity index is 1.54. The van der Waals surface area contributed by atoms with Crippen LogP contribution in [-0.4, -0.2) is 35.3 Å². The van der Waals surface area contributed by atoms with Gasteiger partial charge < -0.3 is 15.5 Å². The summed E-state index contributed by atoms with van der Waals surface area (Å²) in [5.74, 6) is -0.160. The van der Waals surface area contributed by atoms with Gasteiger partial charge in [-0.3, -0.25) is 9.78 Å². The molecule has 1 spiro atoms. The van der Waals surface area contributed by atoms with Crippen molar-refractivity contribution < 1.29 is 9.63 Å². The van der Waals surface area contributed by atoms with Gasteiger partial charge in [-0.1, -0.05) is 11.2 Å². The molecule has 3 rings (SSSR count). The molecule has 1 amide bonds. The van der Waals surface area contributed by atoms with Gasteiger partial charge in [0.15, 0.2) is 5.60 Å². The van der Waals surface area contributed by atoms with E-state index in [2.05, 4.69) is 20.8 Å². The summed E-state index contributed by atoms with van der Waals surface area (Å²) in [6.45, 7) is 2.13. The van der Waals surface area contributed by atoms with Crippen molar-refractivity contribution >= 4 is 11.6 Å². The molecule has 0 aliphatic carbocycles. The number of hydrogen-bond acceptors (Lipinski definition) is 5. The fraction of sp³-hybridized carbons (Fsp3) is 0.462. The number of hydrogen-bond donors (Lipinski definition) is 2. The molecular formula is C13H16N4O2. The highest BCUT2D eigenvalue weighted by atomic mass is 16.7. The van der Waals surface area contributed by atoms with Gasteiger partial charge in [0.05, 0.1) is 0 Å². The van der Waals surface area contributed by atoms with Gasteiger partial charge in [0.2, 0.25) is 0 Å². The van der Waals surface area contributed by atoms with Crippen LogP contribution >= 0.6 is 0 Å². The molecule has 0 bridgehead atoms. The van der Waals surface area contributed by atoms with Crippen molar-refractivity contribution in [2.45, 2.75) is 25.0 Å². The van der Waals surface area contributed by atoms with Gasteiger partial charge in [0, 0.05) is 38.3 Å². The molecule has 2 N–H and O–H groups in total. The number of nitrogens with one attached hydrogen (secondary N) is 2. The average Bonchev–Trinajstić information content (AvgIpc) is 3.08. The van der Waals surface area contributed by atoms with E-state index in [1.165, 1.54) is 0 Å². The third-order valence-corrected chi connectivity index (χ3v) is 3.48. The molecule has 0 radical (unpaired) electrons. The Kier molecular flexibility index (Phi) is 3.16. The molecule has 1 fully saturated rings. The summed E-state index contributed by atoms with van der Waals surface area (Å²) in [5, 5.41) is 10.0. The normalized spacial score (nSPS) is 25.2. The number of aromatic nitrogens is 1. The molecule has 2 aliphatic rings. The molecule has 6 nitrogen and oxygen atoms in total. The summed E-state index contributed by atoms with van der Waals surface area (Å²) < 4.78 is 0. The van der Waals surface area contributed by atoms with Crippen molar-refractivity contribution in [3.8, 4) is 0 Å². The summed E-state index contributed by atoms with van der Waals surface area (Å²) in [4.78, 5) is 21.4. The molecule has 0 saturated carbocycles. The number of pyridine rings is 1. The van der Waals surface area contributed by atoms with Crippen molar-refractivity contribution in [2.24, 2.45) is 5.16 Å². The third-order valence-electron chi connectivity index (χ3n) is 3.48. The van der Waals surface area contributed by atoms with Gasteiger partial charge in [-0.2, -0.15) is 0 Å². The predicted octanol–water partition coefficient (Wildman–Crippen LogP) is 0.206. The Morgan fingerprint density at radius 3 is 3.26 bits per heavy atom. The average molecular weight is 260 g/mol. The van der Waals surface area contributed by atoms with Crippen molar-refractivity contribution in [1.29, 1.82) is 0 Å². The number of oxime groups is 1. The van der Waals surface area contributed by atoms with Crippen LogP contribution in [0.4, 0.5) is 0 Å². The van der Waals surface area contributed by atoms with Crippen LogP contribution in [0.5, 0.6) is 0 Å². The first-order valence-electron chi connectivity index (χ1n) is 6.40. The van der Waals surface area contributed by atoms with Gasteiger partial charge in [-0.25, -0.2) is 0 Å². The fourth-order valence-electron chi connectivity index (χ4n) is 2.38. The largest absolute Gasteiger partial charge is 0.387 e. The smallest absolute Gasteiger partial charge is 0.269 e. The first-order valence-corrected chi connectivity index (χ1v) is 6.40. The molecule has 1 atom stereocenters. The van der Waals surface area contributed by atoms with E-state index in [-0.39, 0.29) is 11.5 Å². The second-order valence-corrected chi connectivity index (χ2v) is 4.96. The summed E-state index contributed by atoms with van der Waals surface area (Å²) in [6, 6.07) is 3.76. The lowest BCUT2D eigenvalue weighted by Crippen LogP contribution is -2.36. The summed E-state index contributed by atoms with van der Waals surface area (Å²) >= 11 is 0. The number of rotatable bonds is 3. The highest BCUT2D eigenvalue weighted by molar-refractivity contribution is 6.39. The van der Waals surface area contributed by atoms with E-state index in [4.69, 9.17) is 4.84 Å². The van der Waals surface area contributed by atoms with Gasteiger partial charge in [-0.05, 0) is 18.2 Å². The minimum atomic E-state index is -0.291. The van der Waals surface area contributed by atoms with Crippen LogP contribution in [0, 0.1) is 0 Å². The lowest BCUT2D eigenvalue weighted by Gasteiger charge is -2.18. The van der Waals surface area contributed by atoms with E-state index >= 15 is 0 Å². The molecule has 2 aliphatic heterocycles. The van der Waals surface area contributed by atoms with Crippen LogP contribution in [0.2, 0.25) is 0 Å². The molecule has 1 aromatic heterocycles. The Morgan fingerprint density at radius 1 is 1.58 bits per heavy atom. The van der Waals surface area contributed by atoms with E-state index in [1.54, 1.807) is 12.4 Å². The lowest BCUT2D eigenvalue weighted by atomic mass is 9.96. The van der Waals surface area contributed by atoms with Crippen LogP contribution in [0.3, 0.4) is 0 Å². The lowest BCUT2D eigenvalue weighted by molar-refractivity contribution is -0.115. The summed E-state index contributed by atoms with van der Waals surface area (Å²) in [7, 11) is 0. The molecule has 6 heteroatoms. The Labute approximate surface area is 111 Å². The molecule has 1 unspecified atom stereocenters. The molecule has 0 aromatic carbocycles. The van der Waals surface area contributed by atoms with E-state index in [0.717, 1.165) is 25.1 Å². The molecular weight excluding hydrogens is 244 g/mol. The van der Waals surface area contributed by atoms with Gasteiger partial charge in [0.25, 0.3) is 5.91 Å². The number of amides is 1. The minimum Gasteiger partial charge on any atom is -0.387 e. The van der Waals surface area contributed by atoms with E-state index in [1.807, 2.05) is 12.1 Å². The van der Waals surface area contributed by atoms with E-state index < -0.39 is 0 Å². The second kappa shape index (κ2) is 4.97. The zero-order valence-electron chi connectivity index (χ0n) is 10.6. The Morgan fingerprint density at radius 2 is 2.53 bits per heavy atom. The fourth-order valence-corrected chi connectivity index (χ4v) is 2.38. The maximum absolute atomic E-state index is 12.0. The number of carbonyl (C=O) groups excluding carboxylic acids is 1. The standard InChI is InChI=1S/C13H16N4O2/c18-12(16-8-10-2-1-4-14-7-10)11-6-13(19-17-11)3-5-15-9-13/h1-2,4,7,15H,3,5-6,8-9H2,(H,16,18). The van der Waals surface area contributed by atoms with Gasteiger partial charge in [0.1, 0.15) is 5.71 Å². The maximum Gasteiger partial charge on any atom is 0.269 e. The molecule has 3 heterocycles. The van der Waals surface area contributed by atoms with Crippen molar-refractivity contribution in [2.75, 3.05) is 13.1 Å². The second-order valence-electron chi connectivity index (χ2n) is 4.96. The number of carbonyl (C=O) groups is 1. The highest BCUT2D eigenvalue weighted by Crippen LogP contribution is 2.29.